The average Bonchev–Trinajstić information content (AvgIpc) is 2.41. The van der Waals surface area contributed by atoms with E-state index in [1.54, 1.807) is 12.1 Å². The Hall–Kier alpha value is -1.44. The van der Waals surface area contributed by atoms with Crippen LogP contribution in [0.25, 0.3) is 0 Å². The number of aliphatic imine (C=N–C) groups is 1. The van der Waals surface area contributed by atoms with Crippen LogP contribution in [0.4, 0.5) is 5.69 Å². The second kappa shape index (κ2) is 7.10. The van der Waals surface area contributed by atoms with E-state index in [0.717, 1.165) is 18.6 Å². The van der Waals surface area contributed by atoms with Gasteiger partial charge in [-0.05, 0) is 37.0 Å². The van der Waals surface area contributed by atoms with E-state index in [0.29, 0.717) is 11.8 Å². The van der Waals surface area contributed by atoms with Crippen LogP contribution >= 0.6 is 0 Å². The predicted molar refractivity (Wildman–Crippen MR) is 70.8 cm³/mol. The average molecular weight is 245 g/mol. The normalized spacial score (nSPS) is 16.2. The number of hydrogen-bond donors (Lipinski definition) is 0. The molecule has 1 aliphatic rings. The van der Waals surface area contributed by atoms with Crippen LogP contribution < -0.4 is 0 Å². The Morgan fingerprint density at radius 3 is 2.89 bits per heavy atom. The van der Waals surface area contributed by atoms with Crippen molar-refractivity contribution in [3.63, 3.8) is 0 Å². The topological polar surface area (TPSA) is 38.7 Å². The first kappa shape index (κ1) is 13.0. The highest BCUT2D eigenvalue weighted by Crippen LogP contribution is 2.20. The first-order valence-electron chi connectivity index (χ1n) is 6.67. The van der Waals surface area contributed by atoms with Gasteiger partial charge in [0, 0.05) is 0 Å². The highest BCUT2D eigenvalue weighted by atomic mass is 16.5. The Morgan fingerprint density at radius 1 is 1.28 bits per heavy atom. The fraction of sp³-hybridized carbons (Fsp3) is 0.533. The summed E-state index contributed by atoms with van der Waals surface area (Å²) in [6.07, 6.45) is 9.25. The molecule has 1 aromatic rings. The SMILES string of the molecule is O=C=Nc1cccc(CCOC2CCCCC2)c1. The summed E-state index contributed by atoms with van der Waals surface area (Å²) in [7, 11) is 0. The first-order valence-corrected chi connectivity index (χ1v) is 6.67. The van der Waals surface area contributed by atoms with Crippen molar-refractivity contribution in [3.05, 3.63) is 29.8 Å². The molecule has 0 heterocycles. The minimum absolute atomic E-state index is 0.454. The van der Waals surface area contributed by atoms with Crippen LogP contribution in [0, 0.1) is 0 Å². The van der Waals surface area contributed by atoms with Crippen molar-refractivity contribution < 1.29 is 9.53 Å². The van der Waals surface area contributed by atoms with Crippen LogP contribution in [0.1, 0.15) is 37.7 Å². The van der Waals surface area contributed by atoms with E-state index < -0.39 is 0 Å². The van der Waals surface area contributed by atoms with Gasteiger partial charge in [-0.25, -0.2) is 4.79 Å². The summed E-state index contributed by atoms with van der Waals surface area (Å²) in [6.45, 7) is 0.749. The van der Waals surface area contributed by atoms with Gasteiger partial charge in [-0.3, -0.25) is 0 Å². The van der Waals surface area contributed by atoms with Crippen molar-refractivity contribution in [2.45, 2.75) is 44.6 Å². The monoisotopic (exact) mass is 245 g/mol. The molecule has 3 heteroatoms. The number of ether oxygens (including phenoxy) is 1. The zero-order chi connectivity index (χ0) is 12.6. The molecule has 1 saturated carbocycles. The van der Waals surface area contributed by atoms with Gasteiger partial charge in [0.2, 0.25) is 6.08 Å². The van der Waals surface area contributed by atoms with Gasteiger partial charge >= 0.3 is 0 Å². The molecule has 18 heavy (non-hydrogen) atoms. The van der Waals surface area contributed by atoms with Crippen molar-refractivity contribution >= 4 is 11.8 Å². The van der Waals surface area contributed by atoms with Crippen molar-refractivity contribution in [2.75, 3.05) is 6.61 Å². The Kier molecular flexibility index (Phi) is 5.13. The van der Waals surface area contributed by atoms with Crippen LogP contribution in [-0.4, -0.2) is 18.8 Å². The molecule has 0 aliphatic heterocycles. The summed E-state index contributed by atoms with van der Waals surface area (Å²) >= 11 is 0. The molecule has 1 aromatic carbocycles. The fourth-order valence-corrected chi connectivity index (χ4v) is 2.41. The van der Waals surface area contributed by atoms with Crippen molar-refractivity contribution in [1.29, 1.82) is 0 Å². The highest BCUT2D eigenvalue weighted by Gasteiger charge is 2.13. The Morgan fingerprint density at radius 2 is 2.11 bits per heavy atom. The largest absolute Gasteiger partial charge is 0.378 e. The number of isocyanates is 1. The predicted octanol–water partition coefficient (Wildman–Crippen LogP) is 3.55. The third-order valence-electron chi connectivity index (χ3n) is 3.38. The van der Waals surface area contributed by atoms with Gasteiger partial charge < -0.3 is 4.74 Å². The van der Waals surface area contributed by atoms with E-state index in [1.807, 2.05) is 18.2 Å². The molecule has 0 spiro atoms. The first-order chi connectivity index (χ1) is 8.88. The standard InChI is InChI=1S/C15H19NO2/c17-12-16-14-6-4-5-13(11-14)9-10-18-15-7-2-1-3-8-15/h4-6,11,15H,1-3,7-10H2. The van der Waals surface area contributed by atoms with Gasteiger partial charge in [-0.2, -0.15) is 4.99 Å². The van der Waals surface area contributed by atoms with E-state index in [-0.39, 0.29) is 0 Å². The lowest BCUT2D eigenvalue weighted by molar-refractivity contribution is 0.0303. The Balaban J connectivity index is 1.78. The molecule has 0 N–H and O–H groups in total. The van der Waals surface area contributed by atoms with Crippen LogP contribution in [0.5, 0.6) is 0 Å². The molecular formula is C15H19NO2. The minimum Gasteiger partial charge on any atom is -0.378 e. The van der Waals surface area contributed by atoms with Crippen LogP contribution in [0.2, 0.25) is 0 Å². The summed E-state index contributed by atoms with van der Waals surface area (Å²) in [4.78, 5) is 13.8. The van der Waals surface area contributed by atoms with E-state index >= 15 is 0 Å². The van der Waals surface area contributed by atoms with E-state index in [1.165, 1.54) is 32.1 Å². The highest BCUT2D eigenvalue weighted by molar-refractivity contribution is 5.49. The molecule has 0 saturated heterocycles. The lowest BCUT2D eigenvalue weighted by atomic mass is 9.98. The van der Waals surface area contributed by atoms with Gasteiger partial charge in [0.1, 0.15) is 0 Å². The number of nitrogens with zero attached hydrogens (tertiary/aromatic N) is 1. The van der Waals surface area contributed by atoms with Crippen LogP contribution in [-0.2, 0) is 16.0 Å². The quantitative estimate of drug-likeness (QED) is 0.588. The lowest BCUT2D eigenvalue weighted by Gasteiger charge is -2.21. The second-order valence-corrected chi connectivity index (χ2v) is 4.75. The smallest absolute Gasteiger partial charge is 0.240 e. The van der Waals surface area contributed by atoms with Crippen molar-refractivity contribution in [1.82, 2.24) is 0 Å². The van der Waals surface area contributed by atoms with Crippen molar-refractivity contribution in [2.24, 2.45) is 4.99 Å². The Bertz CT molecular complexity index is 418. The van der Waals surface area contributed by atoms with Crippen molar-refractivity contribution in [3.8, 4) is 0 Å². The molecular weight excluding hydrogens is 226 g/mol. The molecule has 1 aliphatic carbocycles. The molecule has 0 aromatic heterocycles. The van der Waals surface area contributed by atoms with E-state index in [4.69, 9.17) is 4.74 Å². The molecule has 0 unspecified atom stereocenters. The zero-order valence-corrected chi connectivity index (χ0v) is 10.6. The molecule has 0 radical (unpaired) electrons. The third-order valence-corrected chi connectivity index (χ3v) is 3.38. The summed E-state index contributed by atoms with van der Waals surface area (Å²) in [5.41, 5.74) is 1.82. The molecule has 1 fully saturated rings. The van der Waals surface area contributed by atoms with Gasteiger partial charge in [-0.1, -0.05) is 31.4 Å². The van der Waals surface area contributed by atoms with Gasteiger partial charge in [0.25, 0.3) is 0 Å². The third kappa shape index (κ3) is 4.10. The lowest BCUT2D eigenvalue weighted by Crippen LogP contribution is -2.17. The molecule has 0 atom stereocenters. The minimum atomic E-state index is 0.454. The number of hydrogen-bond acceptors (Lipinski definition) is 3. The second-order valence-electron chi connectivity index (χ2n) is 4.75. The number of rotatable bonds is 5. The summed E-state index contributed by atoms with van der Waals surface area (Å²) in [5.74, 6) is 0. The summed E-state index contributed by atoms with van der Waals surface area (Å²) < 4.78 is 5.88. The van der Waals surface area contributed by atoms with Crippen LogP contribution in [0.3, 0.4) is 0 Å². The number of benzene rings is 1. The maximum Gasteiger partial charge on any atom is 0.240 e. The van der Waals surface area contributed by atoms with Crippen LogP contribution in [0.15, 0.2) is 29.3 Å². The molecule has 0 bridgehead atoms. The van der Waals surface area contributed by atoms with Gasteiger partial charge in [0.15, 0.2) is 0 Å². The fourth-order valence-electron chi connectivity index (χ4n) is 2.41. The Labute approximate surface area is 108 Å². The summed E-state index contributed by atoms with van der Waals surface area (Å²) in [5, 5.41) is 0. The van der Waals surface area contributed by atoms with E-state index in [2.05, 4.69) is 4.99 Å². The van der Waals surface area contributed by atoms with Gasteiger partial charge in [-0.15, -0.1) is 0 Å². The zero-order valence-electron chi connectivity index (χ0n) is 10.6. The number of carbonyl (C=O) groups excluding carboxylic acids is 1. The molecule has 96 valence electrons. The van der Waals surface area contributed by atoms with Gasteiger partial charge in [0.05, 0.1) is 18.4 Å². The summed E-state index contributed by atoms with van der Waals surface area (Å²) in [6, 6.07) is 7.66. The molecule has 3 nitrogen and oxygen atoms in total. The molecule has 0 amide bonds. The maximum atomic E-state index is 10.2. The maximum absolute atomic E-state index is 10.2. The molecule has 2 rings (SSSR count). The van der Waals surface area contributed by atoms with E-state index in [9.17, 15) is 4.79 Å².